The highest BCUT2D eigenvalue weighted by Crippen LogP contribution is 2.32. The number of rotatable bonds is 3. The fourth-order valence-electron chi connectivity index (χ4n) is 3.30. The topological polar surface area (TPSA) is 79.4 Å². The van der Waals surface area contributed by atoms with E-state index in [-0.39, 0.29) is 5.56 Å². The third-order valence-corrected chi connectivity index (χ3v) is 4.64. The molecule has 1 aliphatic rings. The first-order valence-electron chi connectivity index (χ1n) is 8.34. The first-order chi connectivity index (χ1) is 12.6. The van der Waals surface area contributed by atoms with Gasteiger partial charge in [-0.1, -0.05) is 0 Å². The number of methoxy groups -OCH3 is 2. The number of nitrogens with two attached hydrogens (primary N) is 1. The third kappa shape index (κ3) is 2.60. The van der Waals surface area contributed by atoms with Crippen molar-refractivity contribution in [3.8, 4) is 11.5 Å². The molecule has 1 aliphatic heterocycles. The zero-order valence-electron chi connectivity index (χ0n) is 14.7. The lowest BCUT2D eigenvalue weighted by Crippen LogP contribution is -2.20. The smallest absolute Gasteiger partial charge is 0.261 e. The summed E-state index contributed by atoms with van der Waals surface area (Å²) in [5, 5.41) is 0.589. The van der Waals surface area contributed by atoms with Crippen molar-refractivity contribution in [3.63, 3.8) is 0 Å². The summed E-state index contributed by atoms with van der Waals surface area (Å²) in [5.41, 5.74) is 8.94. The standard InChI is InChI=1S/C20H19N3O3/c1-25-15-5-3-12(18(11-15)26-2)9-13-7-8-23-19(13)22-17-10-14(21)4-6-16(17)20(23)24/h3-6,9-11H,7-8,21H2,1-2H3/b13-9+. The van der Waals surface area contributed by atoms with Crippen LogP contribution in [-0.2, 0) is 6.54 Å². The first-order valence-corrected chi connectivity index (χ1v) is 8.34. The lowest BCUT2D eigenvalue weighted by atomic mass is 10.1. The van der Waals surface area contributed by atoms with Gasteiger partial charge < -0.3 is 15.2 Å². The van der Waals surface area contributed by atoms with E-state index < -0.39 is 0 Å². The van der Waals surface area contributed by atoms with Crippen LogP contribution >= 0.6 is 0 Å². The highest BCUT2D eigenvalue weighted by molar-refractivity contribution is 5.86. The molecule has 2 N–H and O–H groups in total. The fourth-order valence-corrected chi connectivity index (χ4v) is 3.30. The van der Waals surface area contributed by atoms with Crippen molar-refractivity contribution in [1.82, 2.24) is 9.55 Å². The van der Waals surface area contributed by atoms with E-state index in [1.807, 2.05) is 24.3 Å². The molecule has 6 nitrogen and oxygen atoms in total. The number of anilines is 1. The lowest BCUT2D eigenvalue weighted by Gasteiger charge is -2.09. The molecule has 4 rings (SSSR count). The molecule has 0 radical (unpaired) electrons. The van der Waals surface area contributed by atoms with Crippen LogP contribution in [-0.4, -0.2) is 23.8 Å². The third-order valence-electron chi connectivity index (χ3n) is 4.64. The maximum Gasteiger partial charge on any atom is 0.261 e. The summed E-state index contributed by atoms with van der Waals surface area (Å²) in [4.78, 5) is 17.4. The van der Waals surface area contributed by atoms with Crippen molar-refractivity contribution in [2.45, 2.75) is 13.0 Å². The molecule has 0 spiro atoms. The molecule has 2 aromatic carbocycles. The fraction of sp³-hybridized carbons (Fsp3) is 0.200. The van der Waals surface area contributed by atoms with E-state index in [9.17, 15) is 4.79 Å². The Morgan fingerprint density at radius 3 is 2.77 bits per heavy atom. The first kappa shape index (κ1) is 16.2. The predicted molar refractivity (Wildman–Crippen MR) is 102 cm³/mol. The van der Waals surface area contributed by atoms with Gasteiger partial charge in [0, 0.05) is 23.9 Å². The Bertz CT molecular complexity index is 1100. The Kier molecular flexibility index (Phi) is 3.88. The van der Waals surface area contributed by atoms with Crippen LogP contribution in [0.25, 0.3) is 22.6 Å². The van der Waals surface area contributed by atoms with Crippen molar-refractivity contribution >= 4 is 28.2 Å². The molecule has 6 heteroatoms. The molecule has 0 saturated carbocycles. The molecule has 1 aromatic heterocycles. The number of fused-ring (bicyclic) bond motifs is 2. The van der Waals surface area contributed by atoms with Crippen LogP contribution in [0.1, 0.15) is 17.8 Å². The molecule has 0 atom stereocenters. The van der Waals surface area contributed by atoms with Gasteiger partial charge in [0.05, 0.1) is 25.1 Å². The van der Waals surface area contributed by atoms with Gasteiger partial charge in [-0.05, 0) is 48.4 Å². The number of hydrogen-bond donors (Lipinski definition) is 1. The molecule has 26 heavy (non-hydrogen) atoms. The number of nitrogen functional groups attached to an aromatic ring is 1. The maximum atomic E-state index is 12.7. The van der Waals surface area contributed by atoms with E-state index in [0.717, 1.165) is 23.3 Å². The van der Waals surface area contributed by atoms with E-state index in [4.69, 9.17) is 20.2 Å². The number of ether oxygens (including phenoxy) is 2. The summed E-state index contributed by atoms with van der Waals surface area (Å²) < 4.78 is 12.4. The van der Waals surface area contributed by atoms with Crippen molar-refractivity contribution in [2.75, 3.05) is 20.0 Å². The SMILES string of the molecule is COc1ccc(/C=C2\CCn3c2nc2cc(N)ccc2c3=O)c(OC)c1. The number of aromatic nitrogens is 2. The zero-order chi connectivity index (χ0) is 18.3. The molecule has 0 fully saturated rings. The Balaban J connectivity index is 1.87. The van der Waals surface area contributed by atoms with Crippen LogP contribution in [0.3, 0.4) is 0 Å². The Hall–Kier alpha value is -3.28. The largest absolute Gasteiger partial charge is 0.497 e. The van der Waals surface area contributed by atoms with Crippen LogP contribution in [0.5, 0.6) is 11.5 Å². The highest BCUT2D eigenvalue weighted by Gasteiger charge is 2.21. The van der Waals surface area contributed by atoms with Crippen molar-refractivity contribution < 1.29 is 9.47 Å². The molecule has 0 aliphatic carbocycles. The Labute approximate surface area is 150 Å². The van der Waals surface area contributed by atoms with Crippen LogP contribution in [0.15, 0.2) is 41.2 Å². The van der Waals surface area contributed by atoms with Crippen molar-refractivity contribution in [3.05, 3.63) is 58.1 Å². The number of nitrogens with zero attached hydrogens (tertiary/aromatic N) is 2. The molecule has 0 bridgehead atoms. The van der Waals surface area contributed by atoms with E-state index in [1.165, 1.54) is 0 Å². The Morgan fingerprint density at radius 2 is 2.00 bits per heavy atom. The second-order valence-electron chi connectivity index (χ2n) is 6.20. The van der Waals surface area contributed by atoms with Gasteiger partial charge in [0.15, 0.2) is 0 Å². The molecule has 0 amide bonds. The average molecular weight is 349 g/mol. The number of benzene rings is 2. The van der Waals surface area contributed by atoms with E-state index in [0.29, 0.717) is 34.7 Å². The second-order valence-corrected chi connectivity index (χ2v) is 6.20. The summed E-state index contributed by atoms with van der Waals surface area (Å²) in [5.74, 6) is 2.13. The van der Waals surface area contributed by atoms with Gasteiger partial charge in [-0.15, -0.1) is 0 Å². The van der Waals surface area contributed by atoms with Crippen LogP contribution in [0.4, 0.5) is 5.69 Å². The van der Waals surface area contributed by atoms with Crippen LogP contribution in [0.2, 0.25) is 0 Å². The maximum absolute atomic E-state index is 12.7. The molecule has 0 saturated heterocycles. The molecule has 2 heterocycles. The Morgan fingerprint density at radius 1 is 1.15 bits per heavy atom. The van der Waals surface area contributed by atoms with E-state index in [2.05, 4.69) is 0 Å². The zero-order valence-corrected chi connectivity index (χ0v) is 14.7. The summed E-state index contributed by atoms with van der Waals surface area (Å²) in [6, 6.07) is 10.9. The molecule has 0 unspecified atom stereocenters. The molecule has 132 valence electrons. The van der Waals surface area contributed by atoms with Gasteiger partial charge in [-0.3, -0.25) is 9.36 Å². The van der Waals surface area contributed by atoms with Crippen LogP contribution < -0.4 is 20.8 Å². The summed E-state index contributed by atoms with van der Waals surface area (Å²) in [6.07, 6.45) is 2.75. The summed E-state index contributed by atoms with van der Waals surface area (Å²) >= 11 is 0. The van der Waals surface area contributed by atoms with Gasteiger partial charge in [0.25, 0.3) is 5.56 Å². The quantitative estimate of drug-likeness (QED) is 0.736. The lowest BCUT2D eigenvalue weighted by molar-refractivity contribution is 0.394. The van der Waals surface area contributed by atoms with E-state index >= 15 is 0 Å². The molecular formula is C20H19N3O3. The molecule has 3 aromatic rings. The number of hydrogen-bond acceptors (Lipinski definition) is 5. The van der Waals surface area contributed by atoms with Gasteiger partial charge in [-0.25, -0.2) is 4.98 Å². The van der Waals surface area contributed by atoms with Crippen LogP contribution in [0, 0.1) is 0 Å². The van der Waals surface area contributed by atoms with Crippen molar-refractivity contribution in [2.24, 2.45) is 0 Å². The van der Waals surface area contributed by atoms with E-state index in [1.54, 1.807) is 37.0 Å². The highest BCUT2D eigenvalue weighted by atomic mass is 16.5. The predicted octanol–water partition coefficient (Wildman–Crippen LogP) is 2.94. The number of allylic oxidation sites excluding steroid dienone is 1. The average Bonchev–Trinajstić information content (AvgIpc) is 3.05. The molecular weight excluding hydrogens is 330 g/mol. The minimum atomic E-state index is -0.0323. The van der Waals surface area contributed by atoms with Crippen molar-refractivity contribution in [1.29, 1.82) is 0 Å². The van der Waals surface area contributed by atoms with Gasteiger partial charge in [0.1, 0.15) is 17.3 Å². The summed E-state index contributed by atoms with van der Waals surface area (Å²) in [7, 11) is 3.24. The normalized spacial score (nSPS) is 14.6. The minimum absolute atomic E-state index is 0.0323. The second kappa shape index (κ2) is 6.22. The van der Waals surface area contributed by atoms with Gasteiger partial charge in [-0.2, -0.15) is 0 Å². The van der Waals surface area contributed by atoms with Gasteiger partial charge >= 0.3 is 0 Å². The monoisotopic (exact) mass is 349 g/mol. The summed E-state index contributed by atoms with van der Waals surface area (Å²) in [6.45, 7) is 0.617. The van der Waals surface area contributed by atoms with Gasteiger partial charge in [0.2, 0.25) is 0 Å². The minimum Gasteiger partial charge on any atom is -0.497 e.